The molecule has 1 heterocycles. The molecule has 1 atom stereocenters. The standard InChI is InChI=1S/C13H20BrN3/c1-10-7-11(3-4-13(10)14)17-6-5-16(2)9-12(17)8-15/h3-4,7,12H,5-6,8-9,15H2,1-2H3. The number of aryl methyl sites for hydroxylation is 1. The molecule has 1 saturated heterocycles. The Morgan fingerprint density at radius 1 is 1.41 bits per heavy atom. The Morgan fingerprint density at radius 3 is 2.82 bits per heavy atom. The van der Waals surface area contributed by atoms with Gasteiger partial charge in [-0.15, -0.1) is 0 Å². The summed E-state index contributed by atoms with van der Waals surface area (Å²) >= 11 is 3.54. The molecule has 1 aliphatic rings. The highest BCUT2D eigenvalue weighted by Crippen LogP contribution is 2.25. The van der Waals surface area contributed by atoms with Crippen LogP contribution in [0.1, 0.15) is 5.56 Å². The number of piperazine rings is 1. The second kappa shape index (κ2) is 5.38. The third kappa shape index (κ3) is 2.81. The molecular formula is C13H20BrN3. The Bertz CT molecular complexity index is 394. The number of rotatable bonds is 2. The summed E-state index contributed by atoms with van der Waals surface area (Å²) < 4.78 is 1.17. The van der Waals surface area contributed by atoms with E-state index in [4.69, 9.17) is 5.73 Å². The lowest BCUT2D eigenvalue weighted by Crippen LogP contribution is -2.55. The second-order valence-electron chi connectivity index (χ2n) is 4.78. The molecule has 1 aromatic carbocycles. The van der Waals surface area contributed by atoms with Gasteiger partial charge in [0.1, 0.15) is 0 Å². The highest BCUT2D eigenvalue weighted by molar-refractivity contribution is 9.10. The lowest BCUT2D eigenvalue weighted by atomic mass is 10.1. The molecular weight excluding hydrogens is 278 g/mol. The van der Waals surface area contributed by atoms with Crippen molar-refractivity contribution in [3.8, 4) is 0 Å². The first-order valence-corrected chi connectivity index (χ1v) is 6.82. The zero-order valence-electron chi connectivity index (χ0n) is 10.5. The van der Waals surface area contributed by atoms with Crippen molar-refractivity contribution >= 4 is 21.6 Å². The summed E-state index contributed by atoms with van der Waals surface area (Å²) in [5.74, 6) is 0. The summed E-state index contributed by atoms with van der Waals surface area (Å²) in [5.41, 5.74) is 8.45. The average Bonchev–Trinajstić information content (AvgIpc) is 2.32. The van der Waals surface area contributed by atoms with Crippen molar-refractivity contribution in [3.63, 3.8) is 0 Å². The Labute approximate surface area is 112 Å². The van der Waals surface area contributed by atoms with Gasteiger partial charge in [0.25, 0.3) is 0 Å². The quantitative estimate of drug-likeness (QED) is 0.904. The Hall–Kier alpha value is -0.580. The minimum atomic E-state index is 0.425. The summed E-state index contributed by atoms with van der Waals surface area (Å²) in [6, 6.07) is 6.95. The third-order valence-corrected chi connectivity index (χ3v) is 4.32. The number of likely N-dealkylation sites (N-methyl/N-ethyl adjacent to an activating group) is 1. The molecule has 1 aliphatic heterocycles. The second-order valence-corrected chi connectivity index (χ2v) is 5.63. The van der Waals surface area contributed by atoms with E-state index in [-0.39, 0.29) is 0 Å². The highest BCUT2D eigenvalue weighted by Gasteiger charge is 2.24. The molecule has 0 bridgehead atoms. The maximum absolute atomic E-state index is 5.88. The number of anilines is 1. The topological polar surface area (TPSA) is 32.5 Å². The summed E-state index contributed by atoms with van der Waals surface area (Å²) in [6.07, 6.45) is 0. The SMILES string of the molecule is Cc1cc(N2CCN(C)CC2CN)ccc1Br. The van der Waals surface area contributed by atoms with Crippen LogP contribution in [0.25, 0.3) is 0 Å². The lowest BCUT2D eigenvalue weighted by Gasteiger charge is -2.41. The first-order valence-electron chi connectivity index (χ1n) is 6.03. The summed E-state index contributed by atoms with van der Waals surface area (Å²) in [7, 11) is 2.16. The van der Waals surface area contributed by atoms with Gasteiger partial charge >= 0.3 is 0 Å². The predicted octanol–water partition coefficient (Wildman–Crippen LogP) is 1.84. The van der Waals surface area contributed by atoms with Crippen molar-refractivity contribution in [1.82, 2.24) is 4.90 Å². The van der Waals surface area contributed by atoms with Crippen LogP contribution >= 0.6 is 15.9 Å². The minimum absolute atomic E-state index is 0.425. The first kappa shape index (κ1) is 12.9. The van der Waals surface area contributed by atoms with Crippen LogP contribution in [0.3, 0.4) is 0 Å². The van der Waals surface area contributed by atoms with Gasteiger partial charge in [0.15, 0.2) is 0 Å². The normalized spacial score (nSPS) is 21.9. The monoisotopic (exact) mass is 297 g/mol. The van der Waals surface area contributed by atoms with Crippen LogP contribution in [0.15, 0.2) is 22.7 Å². The van der Waals surface area contributed by atoms with Gasteiger partial charge in [-0.3, -0.25) is 0 Å². The van der Waals surface area contributed by atoms with Crippen molar-refractivity contribution in [3.05, 3.63) is 28.2 Å². The largest absolute Gasteiger partial charge is 0.365 e. The van der Waals surface area contributed by atoms with Gasteiger partial charge in [-0.2, -0.15) is 0 Å². The van der Waals surface area contributed by atoms with Crippen molar-refractivity contribution in [2.45, 2.75) is 13.0 Å². The van der Waals surface area contributed by atoms with Gasteiger partial charge < -0.3 is 15.5 Å². The van der Waals surface area contributed by atoms with Crippen LogP contribution in [0, 0.1) is 6.92 Å². The summed E-state index contributed by atoms with van der Waals surface area (Å²) in [6.45, 7) is 6.04. The molecule has 3 nitrogen and oxygen atoms in total. The highest BCUT2D eigenvalue weighted by atomic mass is 79.9. The van der Waals surface area contributed by atoms with Crippen LogP contribution in [-0.2, 0) is 0 Å². The van der Waals surface area contributed by atoms with Crippen molar-refractivity contribution in [2.75, 3.05) is 38.1 Å². The van der Waals surface area contributed by atoms with E-state index in [9.17, 15) is 0 Å². The average molecular weight is 298 g/mol. The van der Waals surface area contributed by atoms with Gasteiger partial charge in [-0.05, 0) is 37.7 Å². The molecule has 0 spiro atoms. The van der Waals surface area contributed by atoms with Crippen LogP contribution in [0.2, 0.25) is 0 Å². The van der Waals surface area contributed by atoms with E-state index in [0.717, 1.165) is 19.6 Å². The predicted molar refractivity (Wildman–Crippen MR) is 76.6 cm³/mol. The van der Waals surface area contributed by atoms with E-state index in [2.05, 4.69) is 57.9 Å². The zero-order chi connectivity index (χ0) is 12.4. The maximum Gasteiger partial charge on any atom is 0.0539 e. The molecule has 17 heavy (non-hydrogen) atoms. The first-order chi connectivity index (χ1) is 8.11. The molecule has 94 valence electrons. The number of nitrogens with two attached hydrogens (primary N) is 1. The molecule has 2 rings (SSSR count). The number of halogens is 1. The Morgan fingerprint density at radius 2 is 2.18 bits per heavy atom. The number of hydrogen-bond acceptors (Lipinski definition) is 3. The number of benzene rings is 1. The van der Waals surface area contributed by atoms with Crippen LogP contribution in [-0.4, -0.2) is 44.2 Å². The van der Waals surface area contributed by atoms with E-state index in [0.29, 0.717) is 12.6 Å². The van der Waals surface area contributed by atoms with Gasteiger partial charge in [-0.1, -0.05) is 15.9 Å². The Kier molecular flexibility index (Phi) is 4.07. The molecule has 0 aromatic heterocycles. The third-order valence-electron chi connectivity index (χ3n) is 3.43. The molecule has 0 aliphatic carbocycles. The minimum Gasteiger partial charge on any atom is -0.365 e. The van der Waals surface area contributed by atoms with Gasteiger partial charge in [0, 0.05) is 36.3 Å². The molecule has 1 aromatic rings. The fourth-order valence-electron chi connectivity index (χ4n) is 2.36. The number of hydrogen-bond donors (Lipinski definition) is 1. The van der Waals surface area contributed by atoms with Crippen molar-refractivity contribution in [2.24, 2.45) is 5.73 Å². The molecule has 0 amide bonds. The van der Waals surface area contributed by atoms with Gasteiger partial charge in [0.2, 0.25) is 0 Å². The van der Waals surface area contributed by atoms with E-state index in [1.807, 2.05) is 0 Å². The molecule has 2 N–H and O–H groups in total. The van der Waals surface area contributed by atoms with E-state index in [1.165, 1.54) is 15.7 Å². The molecule has 0 radical (unpaired) electrons. The lowest BCUT2D eigenvalue weighted by molar-refractivity contribution is 0.270. The fraction of sp³-hybridized carbons (Fsp3) is 0.538. The van der Waals surface area contributed by atoms with Crippen LogP contribution < -0.4 is 10.6 Å². The molecule has 0 saturated carbocycles. The van der Waals surface area contributed by atoms with Crippen molar-refractivity contribution in [1.29, 1.82) is 0 Å². The summed E-state index contributed by atoms with van der Waals surface area (Å²) in [4.78, 5) is 4.78. The van der Waals surface area contributed by atoms with E-state index < -0.39 is 0 Å². The molecule has 1 fully saturated rings. The number of nitrogens with zero attached hydrogens (tertiary/aromatic N) is 2. The van der Waals surface area contributed by atoms with Crippen molar-refractivity contribution < 1.29 is 0 Å². The molecule has 4 heteroatoms. The van der Waals surface area contributed by atoms with Gasteiger partial charge in [-0.25, -0.2) is 0 Å². The fourth-order valence-corrected chi connectivity index (χ4v) is 2.61. The smallest absolute Gasteiger partial charge is 0.0539 e. The maximum atomic E-state index is 5.88. The Balaban J connectivity index is 2.22. The van der Waals surface area contributed by atoms with Crippen LogP contribution in [0.5, 0.6) is 0 Å². The van der Waals surface area contributed by atoms with E-state index in [1.54, 1.807) is 0 Å². The van der Waals surface area contributed by atoms with Crippen LogP contribution in [0.4, 0.5) is 5.69 Å². The zero-order valence-corrected chi connectivity index (χ0v) is 12.1. The molecule has 1 unspecified atom stereocenters. The van der Waals surface area contributed by atoms with E-state index >= 15 is 0 Å². The van der Waals surface area contributed by atoms with Gasteiger partial charge in [0.05, 0.1) is 6.04 Å². The summed E-state index contributed by atoms with van der Waals surface area (Å²) in [5, 5.41) is 0.